The molecule has 0 aromatic carbocycles. The first-order chi connectivity index (χ1) is 15.2. The van der Waals surface area contributed by atoms with Gasteiger partial charge in [-0.05, 0) is 55.4 Å². The van der Waals surface area contributed by atoms with Crippen molar-refractivity contribution in [3.05, 3.63) is 46.5 Å². The summed E-state index contributed by atoms with van der Waals surface area (Å²) in [5, 5.41) is 5.79. The minimum absolute atomic E-state index is 0.0373. The predicted molar refractivity (Wildman–Crippen MR) is 125 cm³/mol. The van der Waals surface area contributed by atoms with Crippen LogP contribution in [0.1, 0.15) is 41.2 Å². The van der Waals surface area contributed by atoms with Gasteiger partial charge in [-0.25, -0.2) is 0 Å². The summed E-state index contributed by atoms with van der Waals surface area (Å²) in [6.45, 7) is 8.35. The minimum atomic E-state index is -0.0373. The molecule has 4 rings (SSSR count). The second-order valence-corrected chi connectivity index (χ2v) is 9.41. The molecule has 4 heterocycles. The maximum atomic E-state index is 12.5. The van der Waals surface area contributed by atoms with E-state index in [-0.39, 0.29) is 5.91 Å². The number of hydrogen-bond donors (Lipinski definition) is 1. The van der Waals surface area contributed by atoms with Gasteiger partial charge >= 0.3 is 0 Å². The first kappa shape index (κ1) is 21.9. The van der Waals surface area contributed by atoms with E-state index in [0.717, 1.165) is 44.6 Å². The number of piperidine rings is 1. The predicted octanol–water partition coefficient (Wildman–Crippen LogP) is 3.15. The number of carbonyl (C=O) groups excluding carboxylic acids is 1. The van der Waals surface area contributed by atoms with Gasteiger partial charge in [0.05, 0.1) is 12.3 Å². The van der Waals surface area contributed by atoms with Crippen LogP contribution < -0.4 is 5.32 Å². The molecule has 0 bridgehead atoms. The molecule has 0 saturated carbocycles. The zero-order valence-corrected chi connectivity index (χ0v) is 19.3. The van der Waals surface area contributed by atoms with Gasteiger partial charge in [-0.1, -0.05) is 13.0 Å². The summed E-state index contributed by atoms with van der Waals surface area (Å²) in [5.41, 5.74) is 0. The lowest BCUT2D eigenvalue weighted by molar-refractivity contribution is 0.0657. The Labute approximate surface area is 188 Å². The Morgan fingerprint density at radius 2 is 1.90 bits per heavy atom. The van der Waals surface area contributed by atoms with Crippen LogP contribution in [0.15, 0.2) is 45.3 Å². The molecule has 7 nitrogen and oxygen atoms in total. The molecule has 2 fully saturated rings. The molecule has 2 saturated heterocycles. The van der Waals surface area contributed by atoms with Gasteiger partial charge in [0, 0.05) is 44.6 Å². The molecule has 0 radical (unpaired) electrons. The number of aliphatic imine (C=N–C) groups is 1. The summed E-state index contributed by atoms with van der Waals surface area (Å²) < 4.78 is 5.26. The standard InChI is InChI=1S/C23H33N5O2S/c1-18-7-9-26(10-8-18)19(21-6-4-16-31-21)17-25-23(24-2)28-13-11-27(12-14-28)22(29)20-5-3-15-30-20/h3-6,15-16,18-19H,7-14,17H2,1-2H3,(H,24,25). The van der Waals surface area contributed by atoms with E-state index in [9.17, 15) is 4.79 Å². The summed E-state index contributed by atoms with van der Waals surface area (Å²) in [5.74, 6) is 2.11. The van der Waals surface area contributed by atoms with E-state index >= 15 is 0 Å². The molecule has 0 aliphatic carbocycles. The smallest absolute Gasteiger partial charge is 0.289 e. The highest BCUT2D eigenvalue weighted by molar-refractivity contribution is 7.10. The number of furan rings is 1. The monoisotopic (exact) mass is 443 g/mol. The maximum absolute atomic E-state index is 12.5. The van der Waals surface area contributed by atoms with Crippen molar-refractivity contribution >= 4 is 23.2 Å². The number of likely N-dealkylation sites (tertiary alicyclic amines) is 1. The largest absolute Gasteiger partial charge is 0.459 e. The molecule has 2 aromatic heterocycles. The molecule has 1 amide bonds. The number of guanidine groups is 1. The zero-order valence-electron chi connectivity index (χ0n) is 18.5. The number of carbonyl (C=O) groups is 1. The average Bonchev–Trinajstić information content (AvgIpc) is 3.52. The molecule has 8 heteroatoms. The Balaban J connectivity index is 1.33. The lowest BCUT2D eigenvalue weighted by Crippen LogP contribution is -2.54. The number of rotatable bonds is 5. The van der Waals surface area contributed by atoms with Crippen LogP contribution in [0.25, 0.3) is 0 Å². The van der Waals surface area contributed by atoms with Gasteiger partial charge in [0.25, 0.3) is 5.91 Å². The van der Waals surface area contributed by atoms with Crippen LogP contribution >= 0.6 is 11.3 Å². The van der Waals surface area contributed by atoms with Crippen LogP contribution in [0.4, 0.5) is 0 Å². The Morgan fingerprint density at radius 3 is 2.52 bits per heavy atom. The van der Waals surface area contributed by atoms with Gasteiger partial charge < -0.3 is 19.5 Å². The number of amides is 1. The summed E-state index contributed by atoms with van der Waals surface area (Å²) in [6.07, 6.45) is 4.08. The Kier molecular flexibility index (Phi) is 7.29. The summed E-state index contributed by atoms with van der Waals surface area (Å²) in [7, 11) is 1.84. The van der Waals surface area contributed by atoms with E-state index in [4.69, 9.17) is 4.42 Å². The van der Waals surface area contributed by atoms with Crippen molar-refractivity contribution < 1.29 is 9.21 Å². The fraction of sp³-hybridized carbons (Fsp3) is 0.565. The molecule has 2 aliphatic rings. The third-order valence-electron chi connectivity index (χ3n) is 6.39. The van der Waals surface area contributed by atoms with Crippen molar-refractivity contribution in [2.75, 3.05) is 52.9 Å². The van der Waals surface area contributed by atoms with Gasteiger partial charge in [0.15, 0.2) is 11.7 Å². The van der Waals surface area contributed by atoms with Crippen LogP contribution in [0, 0.1) is 5.92 Å². The van der Waals surface area contributed by atoms with Gasteiger partial charge in [0.1, 0.15) is 0 Å². The Hall–Kier alpha value is -2.32. The second kappa shape index (κ2) is 10.3. The van der Waals surface area contributed by atoms with E-state index in [2.05, 4.69) is 44.5 Å². The highest BCUT2D eigenvalue weighted by atomic mass is 32.1. The number of nitrogens with zero attached hydrogens (tertiary/aromatic N) is 4. The van der Waals surface area contributed by atoms with Crippen molar-refractivity contribution in [1.29, 1.82) is 0 Å². The van der Waals surface area contributed by atoms with Crippen molar-refractivity contribution in [3.8, 4) is 0 Å². The molecule has 2 aromatic rings. The van der Waals surface area contributed by atoms with E-state index < -0.39 is 0 Å². The van der Waals surface area contributed by atoms with Crippen molar-refractivity contribution in [2.45, 2.75) is 25.8 Å². The molecule has 2 aliphatic heterocycles. The molecule has 1 atom stereocenters. The number of thiophene rings is 1. The lowest BCUT2D eigenvalue weighted by Gasteiger charge is -2.39. The summed E-state index contributed by atoms with van der Waals surface area (Å²) >= 11 is 1.83. The van der Waals surface area contributed by atoms with Crippen molar-refractivity contribution in [1.82, 2.24) is 20.0 Å². The minimum Gasteiger partial charge on any atom is -0.459 e. The van der Waals surface area contributed by atoms with E-state index in [1.807, 2.05) is 23.3 Å². The first-order valence-electron chi connectivity index (χ1n) is 11.2. The maximum Gasteiger partial charge on any atom is 0.289 e. The van der Waals surface area contributed by atoms with E-state index in [1.54, 1.807) is 18.4 Å². The van der Waals surface area contributed by atoms with Gasteiger partial charge in [-0.3, -0.25) is 14.7 Å². The van der Waals surface area contributed by atoms with E-state index in [0.29, 0.717) is 24.9 Å². The van der Waals surface area contributed by atoms with Gasteiger partial charge in [-0.15, -0.1) is 11.3 Å². The van der Waals surface area contributed by atoms with Crippen LogP contribution in [-0.4, -0.2) is 79.4 Å². The van der Waals surface area contributed by atoms with Crippen LogP contribution in [0.5, 0.6) is 0 Å². The summed E-state index contributed by atoms with van der Waals surface area (Å²) in [6, 6.07) is 8.23. The third kappa shape index (κ3) is 5.30. The van der Waals surface area contributed by atoms with Crippen LogP contribution in [0.2, 0.25) is 0 Å². The average molecular weight is 444 g/mol. The lowest BCUT2D eigenvalue weighted by atomic mass is 9.97. The van der Waals surface area contributed by atoms with Gasteiger partial charge in [-0.2, -0.15) is 0 Å². The number of piperazine rings is 1. The van der Waals surface area contributed by atoms with Crippen molar-refractivity contribution in [3.63, 3.8) is 0 Å². The topological polar surface area (TPSA) is 64.3 Å². The SMILES string of the molecule is CN=C(NCC(c1cccs1)N1CCC(C)CC1)N1CCN(C(=O)c2ccco2)CC1. The Morgan fingerprint density at radius 1 is 1.16 bits per heavy atom. The molecular weight excluding hydrogens is 410 g/mol. The van der Waals surface area contributed by atoms with Crippen molar-refractivity contribution in [2.24, 2.45) is 10.9 Å². The second-order valence-electron chi connectivity index (χ2n) is 8.43. The normalized spacial score (nSPS) is 20.1. The molecule has 0 spiro atoms. The number of nitrogens with one attached hydrogen (secondary N) is 1. The van der Waals surface area contributed by atoms with E-state index in [1.165, 1.54) is 17.7 Å². The Bertz CT molecular complexity index is 835. The highest BCUT2D eigenvalue weighted by Crippen LogP contribution is 2.29. The fourth-order valence-corrected chi connectivity index (χ4v) is 5.29. The molecule has 31 heavy (non-hydrogen) atoms. The molecule has 1 N–H and O–H groups in total. The highest BCUT2D eigenvalue weighted by Gasteiger charge is 2.28. The third-order valence-corrected chi connectivity index (χ3v) is 7.37. The van der Waals surface area contributed by atoms with Crippen LogP contribution in [0.3, 0.4) is 0 Å². The zero-order chi connectivity index (χ0) is 21.6. The number of hydrogen-bond acceptors (Lipinski definition) is 5. The summed E-state index contributed by atoms with van der Waals surface area (Å²) in [4.78, 5) is 25.2. The molecule has 168 valence electrons. The van der Waals surface area contributed by atoms with Crippen LogP contribution in [-0.2, 0) is 0 Å². The van der Waals surface area contributed by atoms with Gasteiger partial charge in [0.2, 0.25) is 0 Å². The quantitative estimate of drug-likeness (QED) is 0.568. The first-order valence-corrected chi connectivity index (χ1v) is 12.1. The fourth-order valence-electron chi connectivity index (χ4n) is 4.43. The molecular formula is C23H33N5O2S. The molecule has 1 unspecified atom stereocenters.